The molecule has 1 atom stereocenters. The average Bonchev–Trinajstić information content (AvgIpc) is 2.40. The molecule has 0 bridgehead atoms. The molecule has 0 aliphatic rings. The highest BCUT2D eigenvalue weighted by molar-refractivity contribution is 8.22. The number of hydrogen-bond acceptors (Lipinski definition) is 3. The van der Waals surface area contributed by atoms with Gasteiger partial charge in [-0.05, 0) is 37.5 Å². The minimum absolute atomic E-state index is 0.0357. The first-order chi connectivity index (χ1) is 10.4. The SMILES string of the molecule is CCN(CC)C(=S)SCCCC(=O)C(CC(C)(C)C)C(C)(C)C. The fraction of sp³-hybridized carbons (Fsp3) is 0.895. The van der Waals surface area contributed by atoms with Crippen LogP contribution in [-0.4, -0.2) is 33.8 Å². The molecule has 0 N–H and O–H groups in total. The number of Topliss-reactive ketones (excluding diaryl/α,β-unsaturated/α-hetero) is 1. The van der Waals surface area contributed by atoms with Crippen molar-refractivity contribution < 1.29 is 4.79 Å². The van der Waals surface area contributed by atoms with Gasteiger partial charge in [-0.25, -0.2) is 0 Å². The number of hydrogen-bond donors (Lipinski definition) is 0. The highest BCUT2D eigenvalue weighted by Crippen LogP contribution is 2.37. The molecule has 0 rings (SSSR count). The molecule has 0 saturated carbocycles. The summed E-state index contributed by atoms with van der Waals surface area (Å²) in [5.74, 6) is 1.50. The summed E-state index contributed by atoms with van der Waals surface area (Å²) in [6, 6.07) is 0. The lowest BCUT2D eigenvalue weighted by Gasteiger charge is -2.34. The summed E-state index contributed by atoms with van der Waals surface area (Å²) < 4.78 is 0.963. The summed E-state index contributed by atoms with van der Waals surface area (Å²) in [6.45, 7) is 19.4. The van der Waals surface area contributed by atoms with Gasteiger partial charge < -0.3 is 4.90 Å². The maximum atomic E-state index is 12.7. The number of rotatable bonds is 8. The van der Waals surface area contributed by atoms with Gasteiger partial charge in [-0.3, -0.25) is 4.79 Å². The smallest absolute Gasteiger partial charge is 0.136 e. The third kappa shape index (κ3) is 9.71. The molecule has 0 aliphatic heterocycles. The minimum atomic E-state index is 0.0357. The third-order valence-electron chi connectivity index (χ3n) is 4.07. The molecule has 0 aromatic heterocycles. The summed E-state index contributed by atoms with van der Waals surface area (Å²) in [6.07, 6.45) is 2.55. The Kier molecular flexibility index (Phi) is 9.99. The second-order valence-electron chi connectivity index (χ2n) is 8.54. The van der Waals surface area contributed by atoms with Gasteiger partial charge in [-0.15, -0.1) is 0 Å². The largest absolute Gasteiger partial charge is 0.358 e. The molecule has 0 aliphatic carbocycles. The van der Waals surface area contributed by atoms with E-state index in [1.54, 1.807) is 11.8 Å². The van der Waals surface area contributed by atoms with Crippen molar-refractivity contribution in [1.29, 1.82) is 0 Å². The zero-order valence-electron chi connectivity index (χ0n) is 16.5. The Morgan fingerprint density at radius 3 is 2.00 bits per heavy atom. The number of carbonyl (C=O) groups excluding carboxylic acids is 1. The maximum Gasteiger partial charge on any atom is 0.136 e. The number of ketones is 1. The second kappa shape index (κ2) is 10.0. The van der Waals surface area contributed by atoms with Gasteiger partial charge in [0.15, 0.2) is 0 Å². The molecule has 0 amide bonds. The standard InChI is InChI=1S/C19H37NOS2/c1-9-20(10-2)17(22)23-13-11-12-16(21)15(19(6,7)8)14-18(3,4)5/h15H,9-14H2,1-8H3. The van der Waals surface area contributed by atoms with E-state index in [1.807, 2.05) is 0 Å². The molecule has 0 saturated heterocycles. The van der Waals surface area contributed by atoms with Crippen LogP contribution in [0.25, 0.3) is 0 Å². The maximum absolute atomic E-state index is 12.7. The fourth-order valence-electron chi connectivity index (χ4n) is 2.67. The molecule has 4 heteroatoms. The van der Waals surface area contributed by atoms with Crippen molar-refractivity contribution in [2.75, 3.05) is 18.8 Å². The quantitative estimate of drug-likeness (QED) is 0.403. The van der Waals surface area contributed by atoms with Crippen LogP contribution in [0.1, 0.15) is 74.7 Å². The van der Waals surface area contributed by atoms with Crippen LogP contribution in [0.5, 0.6) is 0 Å². The van der Waals surface area contributed by atoms with Crippen LogP contribution in [0.4, 0.5) is 0 Å². The predicted octanol–water partition coefficient (Wildman–Crippen LogP) is 5.79. The van der Waals surface area contributed by atoms with Gasteiger partial charge in [-0.1, -0.05) is 65.5 Å². The Morgan fingerprint density at radius 2 is 1.61 bits per heavy atom. The van der Waals surface area contributed by atoms with Crippen molar-refractivity contribution >= 4 is 34.1 Å². The van der Waals surface area contributed by atoms with Crippen LogP contribution in [0.15, 0.2) is 0 Å². The van der Waals surface area contributed by atoms with Gasteiger partial charge >= 0.3 is 0 Å². The summed E-state index contributed by atoms with van der Waals surface area (Å²) >= 11 is 7.15. The van der Waals surface area contributed by atoms with Crippen LogP contribution in [0, 0.1) is 16.7 Å². The summed E-state index contributed by atoms with van der Waals surface area (Å²) in [4.78, 5) is 14.9. The average molecular weight is 360 g/mol. The zero-order valence-corrected chi connectivity index (χ0v) is 18.1. The van der Waals surface area contributed by atoms with E-state index in [-0.39, 0.29) is 16.7 Å². The topological polar surface area (TPSA) is 20.3 Å². The van der Waals surface area contributed by atoms with Gasteiger partial charge in [0, 0.05) is 31.2 Å². The molecule has 1 unspecified atom stereocenters. The van der Waals surface area contributed by atoms with Crippen molar-refractivity contribution in [1.82, 2.24) is 4.90 Å². The summed E-state index contributed by atoms with van der Waals surface area (Å²) in [5.41, 5.74) is 0.223. The number of thioether (sulfide) groups is 1. The van der Waals surface area contributed by atoms with Crippen molar-refractivity contribution in [3.05, 3.63) is 0 Å². The van der Waals surface area contributed by atoms with Gasteiger partial charge in [0.2, 0.25) is 0 Å². The molecular formula is C19H37NOS2. The Hall–Kier alpha value is -0.0900. The van der Waals surface area contributed by atoms with E-state index in [0.717, 1.165) is 36.0 Å². The molecule has 0 aromatic rings. The number of nitrogens with zero attached hydrogens (tertiary/aromatic N) is 1. The van der Waals surface area contributed by atoms with E-state index in [2.05, 4.69) is 60.3 Å². The van der Waals surface area contributed by atoms with Crippen molar-refractivity contribution in [3.63, 3.8) is 0 Å². The van der Waals surface area contributed by atoms with Crippen LogP contribution in [-0.2, 0) is 4.79 Å². The van der Waals surface area contributed by atoms with E-state index < -0.39 is 0 Å². The van der Waals surface area contributed by atoms with Crippen LogP contribution >= 0.6 is 24.0 Å². The Labute approximate surface area is 154 Å². The van der Waals surface area contributed by atoms with E-state index in [0.29, 0.717) is 12.2 Å². The lowest BCUT2D eigenvalue weighted by molar-refractivity contribution is -0.127. The molecule has 0 aromatic carbocycles. The van der Waals surface area contributed by atoms with Crippen LogP contribution in [0.3, 0.4) is 0 Å². The minimum Gasteiger partial charge on any atom is -0.358 e. The Balaban J connectivity index is 4.42. The summed E-state index contributed by atoms with van der Waals surface area (Å²) in [5, 5.41) is 0. The van der Waals surface area contributed by atoms with Gasteiger partial charge in [-0.2, -0.15) is 0 Å². The van der Waals surface area contributed by atoms with Crippen LogP contribution < -0.4 is 0 Å². The highest BCUT2D eigenvalue weighted by atomic mass is 32.2. The molecular weight excluding hydrogens is 322 g/mol. The number of carbonyl (C=O) groups is 1. The first kappa shape index (κ1) is 22.9. The van der Waals surface area contributed by atoms with Gasteiger partial charge in [0.1, 0.15) is 10.1 Å². The summed E-state index contributed by atoms with van der Waals surface area (Å²) in [7, 11) is 0. The van der Waals surface area contributed by atoms with E-state index in [4.69, 9.17) is 12.2 Å². The lowest BCUT2D eigenvalue weighted by atomic mass is 9.69. The van der Waals surface area contributed by atoms with Gasteiger partial charge in [0.25, 0.3) is 0 Å². The molecule has 0 radical (unpaired) electrons. The van der Waals surface area contributed by atoms with Crippen molar-refractivity contribution in [2.45, 2.75) is 74.7 Å². The Morgan fingerprint density at radius 1 is 1.09 bits per heavy atom. The van der Waals surface area contributed by atoms with Crippen molar-refractivity contribution in [3.8, 4) is 0 Å². The molecule has 23 heavy (non-hydrogen) atoms. The van der Waals surface area contributed by atoms with Gasteiger partial charge in [0.05, 0.1) is 0 Å². The zero-order chi connectivity index (χ0) is 18.3. The Bertz CT molecular complexity index is 376. The third-order valence-corrected chi connectivity index (χ3v) is 5.67. The first-order valence-electron chi connectivity index (χ1n) is 8.86. The van der Waals surface area contributed by atoms with E-state index in [9.17, 15) is 4.79 Å². The lowest BCUT2D eigenvalue weighted by Crippen LogP contribution is -2.32. The fourth-order valence-corrected chi connectivity index (χ4v) is 4.08. The monoisotopic (exact) mass is 359 g/mol. The second-order valence-corrected chi connectivity index (χ2v) is 10.3. The molecule has 0 spiro atoms. The highest BCUT2D eigenvalue weighted by Gasteiger charge is 2.33. The molecule has 136 valence electrons. The van der Waals surface area contributed by atoms with E-state index in [1.165, 1.54) is 0 Å². The number of thiocarbonyl (C=S) groups is 1. The van der Waals surface area contributed by atoms with E-state index >= 15 is 0 Å². The molecule has 2 nitrogen and oxygen atoms in total. The molecule has 0 fully saturated rings. The predicted molar refractivity (Wildman–Crippen MR) is 109 cm³/mol. The molecule has 0 heterocycles. The normalized spacial score (nSPS) is 13.7. The van der Waals surface area contributed by atoms with Crippen molar-refractivity contribution in [2.24, 2.45) is 16.7 Å². The first-order valence-corrected chi connectivity index (χ1v) is 10.3. The van der Waals surface area contributed by atoms with Crippen LogP contribution in [0.2, 0.25) is 0 Å².